The van der Waals surface area contributed by atoms with E-state index in [-0.39, 0.29) is 42.2 Å². The predicted octanol–water partition coefficient (Wildman–Crippen LogP) is -2.03. The van der Waals surface area contributed by atoms with Crippen molar-refractivity contribution >= 4 is 23.7 Å². The van der Waals surface area contributed by atoms with Crippen molar-refractivity contribution < 1.29 is 19.7 Å². The van der Waals surface area contributed by atoms with Crippen molar-refractivity contribution in [3.05, 3.63) is 64.5 Å². The Morgan fingerprint density at radius 3 is 2.78 bits per heavy atom. The molecule has 41 heavy (non-hydrogen) atoms. The Hall–Kier alpha value is -4.19. The number of hydrogen-bond donors (Lipinski definition) is 7. The number of rotatable bonds is 5. The zero-order valence-corrected chi connectivity index (χ0v) is 23.6. The van der Waals surface area contributed by atoms with E-state index in [1.165, 1.54) is 5.56 Å². The fraction of sp³-hybridized carbons (Fsp3) is 0.483. The minimum absolute atomic E-state index is 0.00123. The van der Waals surface area contributed by atoms with Crippen LogP contribution in [0.4, 0.5) is 0 Å². The fourth-order valence-corrected chi connectivity index (χ4v) is 6.97. The monoisotopic (exact) mass is 560 g/mol. The second-order valence-corrected chi connectivity index (χ2v) is 12.2. The zero-order chi connectivity index (χ0) is 29.1. The van der Waals surface area contributed by atoms with Crippen LogP contribution in [0.3, 0.4) is 0 Å². The number of nitrogens with zero attached hydrogens (tertiary/aromatic N) is 3. The Kier molecular flexibility index (Phi) is 6.40. The Bertz CT molecular complexity index is 1450. The Labute approximate surface area is 238 Å². The average molecular weight is 561 g/mol. The molecule has 2 aromatic rings. The first kappa shape index (κ1) is 27.0. The summed E-state index contributed by atoms with van der Waals surface area (Å²) in [7, 11) is 0. The number of aliphatic imine (C=N–C) groups is 1. The lowest BCUT2D eigenvalue weighted by Gasteiger charge is -2.43. The normalized spacial score (nSPS) is 29.3. The lowest BCUT2D eigenvalue weighted by molar-refractivity contribution is -0.513. The summed E-state index contributed by atoms with van der Waals surface area (Å²) >= 11 is 0. The topological polar surface area (TPSA) is 185 Å². The lowest BCUT2D eigenvalue weighted by Crippen LogP contribution is -2.88. The molecule has 1 aromatic carbocycles. The van der Waals surface area contributed by atoms with Crippen LogP contribution in [-0.2, 0) is 11.8 Å². The van der Waals surface area contributed by atoms with E-state index in [9.17, 15) is 14.7 Å². The number of hydrogen-bond acceptors (Lipinski definition) is 9. The molecule has 12 heteroatoms. The maximum atomic E-state index is 13.6. The summed E-state index contributed by atoms with van der Waals surface area (Å²) in [6.45, 7) is 6.68. The van der Waals surface area contributed by atoms with Gasteiger partial charge in [-0.1, -0.05) is 32.0 Å². The van der Waals surface area contributed by atoms with Crippen LogP contribution in [0.25, 0.3) is 0 Å². The van der Waals surface area contributed by atoms with Gasteiger partial charge in [0.15, 0.2) is 12.0 Å². The Balaban J connectivity index is 1.22. The molecule has 12 nitrogen and oxygen atoms in total. The van der Waals surface area contributed by atoms with Gasteiger partial charge in [0, 0.05) is 24.8 Å². The van der Waals surface area contributed by atoms with Gasteiger partial charge in [-0.25, -0.2) is 10.3 Å². The van der Waals surface area contributed by atoms with E-state index >= 15 is 0 Å². The van der Waals surface area contributed by atoms with E-state index in [0.717, 1.165) is 30.4 Å². The summed E-state index contributed by atoms with van der Waals surface area (Å²) in [5.41, 5.74) is 15.6. The van der Waals surface area contributed by atoms with Gasteiger partial charge in [-0.2, -0.15) is 0 Å². The first-order chi connectivity index (χ1) is 19.5. The second kappa shape index (κ2) is 9.72. The van der Waals surface area contributed by atoms with Crippen LogP contribution in [0.15, 0.2) is 41.5 Å². The van der Waals surface area contributed by atoms with Gasteiger partial charge in [0.1, 0.15) is 17.8 Å². The van der Waals surface area contributed by atoms with E-state index in [4.69, 9.17) is 11.5 Å². The van der Waals surface area contributed by atoms with Crippen LogP contribution in [0.5, 0.6) is 0 Å². The molecule has 4 heterocycles. The van der Waals surface area contributed by atoms with Crippen molar-refractivity contribution in [3.8, 4) is 0 Å². The molecule has 0 radical (unpaired) electrons. The first-order valence-electron chi connectivity index (χ1n) is 14.1. The quantitative estimate of drug-likeness (QED) is 0.218. The highest BCUT2D eigenvalue weighted by Gasteiger charge is 2.68. The lowest BCUT2D eigenvalue weighted by atomic mass is 9.71. The molecule has 0 saturated carbocycles. The van der Waals surface area contributed by atoms with Gasteiger partial charge in [-0.05, 0) is 60.4 Å². The number of guanidine groups is 2. The van der Waals surface area contributed by atoms with Gasteiger partial charge in [0.05, 0.1) is 6.04 Å². The number of carbonyl (C=O) groups is 2. The molecule has 0 bridgehead atoms. The molecule has 1 saturated heterocycles. The molecule has 4 aliphatic rings. The molecule has 1 spiro atoms. The van der Waals surface area contributed by atoms with Gasteiger partial charge in [-0.3, -0.25) is 25.3 Å². The maximum Gasteiger partial charge on any atom is 0.343 e. The smallest absolute Gasteiger partial charge is 0.343 e. The zero-order valence-electron chi connectivity index (χ0n) is 23.6. The molecule has 216 valence electrons. The molecule has 2 amide bonds. The molecule has 1 aliphatic carbocycles. The minimum Gasteiger partial charge on any atom is -0.385 e. The van der Waals surface area contributed by atoms with E-state index in [1.807, 2.05) is 25.1 Å². The van der Waals surface area contributed by atoms with Crippen molar-refractivity contribution in [2.45, 2.75) is 75.3 Å². The van der Waals surface area contributed by atoms with Crippen molar-refractivity contribution in [1.29, 1.82) is 0 Å². The number of amides is 2. The van der Waals surface area contributed by atoms with Crippen LogP contribution in [-0.4, -0.2) is 81.7 Å². The summed E-state index contributed by atoms with van der Waals surface area (Å²) in [6, 6.07) is 7.62. The Morgan fingerprint density at radius 1 is 1.22 bits per heavy atom. The largest absolute Gasteiger partial charge is 0.385 e. The average Bonchev–Trinajstić information content (AvgIpc) is 3.43. The molecule has 3 aliphatic heterocycles. The fourth-order valence-electron chi connectivity index (χ4n) is 6.97. The molecular weight excluding hydrogens is 522 g/mol. The summed E-state index contributed by atoms with van der Waals surface area (Å²) in [5, 5.41) is 20.9. The van der Waals surface area contributed by atoms with Crippen LogP contribution < -0.4 is 32.4 Å². The number of pyridine rings is 1. The third-order valence-electron chi connectivity index (χ3n) is 9.05. The number of aliphatic hydroxyl groups is 1. The standard InChI is InChI=1S/C29H37N9O3/c1-15-9-10-19(32-12-15)25(41)33-13-20-22-29(37-26(30)36-22)23(39)21(14-38(29)27(31)35-20)34-24(40)17-6-4-8-18-16(17)7-5-11-28(18,2)3/h4,6,8-10,12,20-23,39H,5,7,11,13-14H2,1-3H3,(H2,31,35)(H,33,41)(H,34,40)(H3,30,36,37)/p+1/t20-,21?,22-,23+,29-/m0/s1. The van der Waals surface area contributed by atoms with Gasteiger partial charge in [-0.15, -0.1) is 0 Å². The number of benzene rings is 1. The first-order valence-corrected chi connectivity index (χ1v) is 14.1. The van der Waals surface area contributed by atoms with Crippen molar-refractivity contribution in [2.24, 2.45) is 16.5 Å². The Morgan fingerprint density at radius 2 is 2.02 bits per heavy atom. The van der Waals surface area contributed by atoms with Crippen LogP contribution in [0.1, 0.15) is 64.2 Å². The number of nitrogens with one attached hydrogen (secondary N) is 4. The van der Waals surface area contributed by atoms with E-state index in [0.29, 0.717) is 11.3 Å². The molecule has 1 unspecified atom stereocenters. The SMILES string of the molecule is Cc1ccc(C(=O)NC[C@@H]2N=C(N)N3CC(NC(=O)c4cccc5c4CCCC5(C)C)[C@@H](O)[C@@]34NC(N)=[NH+][C@@H]24)nc1. The van der Waals surface area contributed by atoms with Gasteiger partial charge < -0.3 is 26.4 Å². The third kappa shape index (κ3) is 4.37. The number of aliphatic hydroxyl groups excluding tert-OH is 1. The van der Waals surface area contributed by atoms with Gasteiger partial charge in [0.25, 0.3) is 11.8 Å². The summed E-state index contributed by atoms with van der Waals surface area (Å²) in [6.07, 6.45) is 3.47. The van der Waals surface area contributed by atoms with E-state index in [2.05, 4.69) is 50.8 Å². The molecule has 1 fully saturated rings. The van der Waals surface area contributed by atoms with E-state index in [1.54, 1.807) is 17.2 Å². The van der Waals surface area contributed by atoms with Gasteiger partial charge >= 0.3 is 5.96 Å². The number of carbonyl (C=O) groups excluding carboxylic acids is 2. The van der Waals surface area contributed by atoms with Crippen LogP contribution >= 0.6 is 0 Å². The van der Waals surface area contributed by atoms with Gasteiger partial charge in [0.2, 0.25) is 5.66 Å². The third-order valence-corrected chi connectivity index (χ3v) is 9.05. The predicted molar refractivity (Wildman–Crippen MR) is 153 cm³/mol. The van der Waals surface area contributed by atoms with Crippen LogP contribution in [0, 0.1) is 6.92 Å². The van der Waals surface area contributed by atoms with E-state index < -0.39 is 29.9 Å². The summed E-state index contributed by atoms with van der Waals surface area (Å²) in [5.74, 6) is -0.131. The highest BCUT2D eigenvalue weighted by atomic mass is 16.3. The second-order valence-electron chi connectivity index (χ2n) is 12.2. The minimum atomic E-state index is -1.16. The summed E-state index contributed by atoms with van der Waals surface area (Å²) < 4.78 is 0. The number of nitrogens with two attached hydrogens (primary N) is 2. The number of aromatic nitrogens is 1. The number of fused-ring (bicyclic) bond motifs is 1. The molecule has 6 rings (SSSR count). The molecule has 5 atom stereocenters. The molecule has 1 aromatic heterocycles. The van der Waals surface area contributed by atoms with Crippen molar-refractivity contribution in [3.63, 3.8) is 0 Å². The summed E-state index contributed by atoms with van der Waals surface area (Å²) in [4.78, 5) is 40.2. The maximum absolute atomic E-state index is 13.6. The van der Waals surface area contributed by atoms with Crippen molar-refractivity contribution in [2.75, 3.05) is 13.1 Å². The molecular formula is C29H38N9O3+. The van der Waals surface area contributed by atoms with Crippen LogP contribution in [0.2, 0.25) is 0 Å². The highest BCUT2D eigenvalue weighted by molar-refractivity contribution is 5.97. The highest BCUT2D eigenvalue weighted by Crippen LogP contribution is 2.39. The van der Waals surface area contributed by atoms with Crippen molar-refractivity contribution in [1.82, 2.24) is 25.8 Å². The number of aryl methyl sites for hydroxylation is 1. The molecule has 9 N–H and O–H groups in total.